The van der Waals surface area contributed by atoms with Gasteiger partial charge in [0.05, 0.1) is 0 Å². The largest absolute Gasteiger partial charge is 0.367 e. The minimum atomic E-state index is 0.434. The molecule has 0 amide bonds. The summed E-state index contributed by atoms with van der Waals surface area (Å²) in [5.74, 6) is 1.68. The van der Waals surface area contributed by atoms with E-state index in [4.69, 9.17) is 0 Å². The number of halogens is 1. The molecule has 0 radical (unpaired) electrons. The molecule has 18 heavy (non-hydrogen) atoms. The highest BCUT2D eigenvalue weighted by molar-refractivity contribution is 9.10. The topological polar surface area (TPSA) is 37.8 Å². The maximum absolute atomic E-state index is 4.41. The summed E-state index contributed by atoms with van der Waals surface area (Å²) in [4.78, 5) is 8.62. The van der Waals surface area contributed by atoms with Crippen molar-refractivity contribution in [1.29, 1.82) is 0 Å². The van der Waals surface area contributed by atoms with Crippen LogP contribution < -0.4 is 5.32 Å². The zero-order chi connectivity index (χ0) is 12.5. The predicted octanol–water partition coefficient (Wildman–Crippen LogP) is 3.13. The van der Waals surface area contributed by atoms with Crippen LogP contribution in [-0.2, 0) is 12.8 Å². The van der Waals surface area contributed by atoms with Crippen LogP contribution in [0.25, 0.3) is 0 Å². The van der Waals surface area contributed by atoms with Gasteiger partial charge in [-0.3, -0.25) is 0 Å². The Morgan fingerprint density at radius 1 is 1.17 bits per heavy atom. The van der Waals surface area contributed by atoms with Crippen molar-refractivity contribution in [2.45, 2.75) is 25.8 Å². The summed E-state index contributed by atoms with van der Waals surface area (Å²) in [5, 5.41) is 3.49. The Morgan fingerprint density at radius 3 is 2.44 bits per heavy atom. The van der Waals surface area contributed by atoms with Gasteiger partial charge in [0.15, 0.2) is 0 Å². The van der Waals surface area contributed by atoms with Gasteiger partial charge in [-0.05, 0) is 46.8 Å². The van der Waals surface area contributed by atoms with Gasteiger partial charge in [-0.25, -0.2) is 9.97 Å². The van der Waals surface area contributed by atoms with Gasteiger partial charge in [0.2, 0.25) is 0 Å². The van der Waals surface area contributed by atoms with Gasteiger partial charge in [-0.15, -0.1) is 0 Å². The quantitative estimate of drug-likeness (QED) is 0.866. The molecule has 92 valence electrons. The molecular formula is C14H14BrN3. The normalized spacial score (nSPS) is 14.6. The first-order chi connectivity index (χ1) is 8.70. The smallest absolute Gasteiger partial charge is 0.131 e. The van der Waals surface area contributed by atoms with E-state index < -0.39 is 0 Å². The van der Waals surface area contributed by atoms with Crippen molar-refractivity contribution in [3.63, 3.8) is 0 Å². The van der Waals surface area contributed by atoms with E-state index in [1.165, 1.54) is 11.1 Å². The summed E-state index contributed by atoms with van der Waals surface area (Å²) in [5.41, 5.74) is 2.89. The lowest BCUT2D eigenvalue weighted by atomic mass is 10.1. The van der Waals surface area contributed by atoms with Crippen LogP contribution >= 0.6 is 15.9 Å². The standard InChI is InChI=1S/C14H14BrN3/c1-9-16-13(15)8-14(17-9)18-12-6-10-4-2-3-5-11(10)7-12/h2-5,8,12H,6-7H2,1H3,(H,16,17,18). The summed E-state index contributed by atoms with van der Waals surface area (Å²) in [6.45, 7) is 1.90. The highest BCUT2D eigenvalue weighted by Crippen LogP contribution is 2.24. The summed E-state index contributed by atoms with van der Waals surface area (Å²) >= 11 is 3.40. The molecule has 0 saturated heterocycles. The molecule has 1 aromatic carbocycles. The summed E-state index contributed by atoms with van der Waals surface area (Å²) in [6.07, 6.45) is 2.13. The third-order valence-corrected chi connectivity index (χ3v) is 3.62. The Labute approximate surface area is 115 Å². The Balaban J connectivity index is 1.76. The third kappa shape index (κ3) is 2.38. The monoisotopic (exact) mass is 303 g/mol. The number of hydrogen-bond acceptors (Lipinski definition) is 3. The maximum atomic E-state index is 4.41. The molecule has 1 aromatic heterocycles. The zero-order valence-electron chi connectivity index (χ0n) is 10.2. The molecule has 1 heterocycles. The fourth-order valence-electron chi connectivity index (χ4n) is 2.48. The van der Waals surface area contributed by atoms with Gasteiger partial charge in [0.25, 0.3) is 0 Å². The van der Waals surface area contributed by atoms with Gasteiger partial charge in [-0.1, -0.05) is 24.3 Å². The lowest BCUT2D eigenvalue weighted by molar-refractivity contribution is 0.766. The van der Waals surface area contributed by atoms with Gasteiger partial charge in [0, 0.05) is 12.1 Å². The molecular weight excluding hydrogens is 290 g/mol. The average Bonchev–Trinajstić information content (AvgIpc) is 2.69. The molecule has 1 aliphatic carbocycles. The number of fused-ring (bicyclic) bond motifs is 1. The Kier molecular flexibility index (Phi) is 3.04. The molecule has 0 fully saturated rings. The molecule has 3 rings (SSSR count). The molecule has 1 N–H and O–H groups in total. The minimum Gasteiger partial charge on any atom is -0.367 e. The maximum Gasteiger partial charge on any atom is 0.131 e. The fraction of sp³-hybridized carbons (Fsp3) is 0.286. The Bertz CT molecular complexity index is 538. The zero-order valence-corrected chi connectivity index (χ0v) is 11.7. The van der Waals surface area contributed by atoms with Crippen LogP contribution in [0.1, 0.15) is 17.0 Å². The van der Waals surface area contributed by atoms with E-state index in [2.05, 4.69) is 55.5 Å². The molecule has 0 saturated carbocycles. The van der Waals surface area contributed by atoms with Crippen molar-refractivity contribution in [3.8, 4) is 0 Å². The van der Waals surface area contributed by atoms with Gasteiger partial charge in [0.1, 0.15) is 16.2 Å². The molecule has 1 aliphatic rings. The van der Waals surface area contributed by atoms with Crippen molar-refractivity contribution in [3.05, 3.63) is 51.9 Å². The van der Waals surface area contributed by atoms with E-state index in [0.717, 1.165) is 29.1 Å². The number of nitrogens with zero attached hydrogens (tertiary/aromatic N) is 2. The van der Waals surface area contributed by atoms with Crippen LogP contribution in [0.2, 0.25) is 0 Å². The third-order valence-electron chi connectivity index (χ3n) is 3.21. The second kappa shape index (κ2) is 4.69. The molecule has 0 bridgehead atoms. The first kappa shape index (κ1) is 11.7. The first-order valence-corrected chi connectivity index (χ1v) is 6.84. The minimum absolute atomic E-state index is 0.434. The molecule has 0 aliphatic heterocycles. The van der Waals surface area contributed by atoms with Crippen molar-refractivity contribution in [2.24, 2.45) is 0 Å². The summed E-state index contributed by atoms with van der Waals surface area (Å²) in [6, 6.07) is 11.0. The van der Waals surface area contributed by atoms with Crippen molar-refractivity contribution in [2.75, 3.05) is 5.32 Å². The van der Waals surface area contributed by atoms with Crippen LogP contribution in [0.3, 0.4) is 0 Å². The second-order valence-corrected chi connectivity index (χ2v) is 5.45. The average molecular weight is 304 g/mol. The van der Waals surface area contributed by atoms with E-state index in [1.807, 2.05) is 13.0 Å². The Hall–Kier alpha value is -1.42. The van der Waals surface area contributed by atoms with Crippen LogP contribution in [-0.4, -0.2) is 16.0 Å². The number of aromatic nitrogens is 2. The number of benzene rings is 1. The van der Waals surface area contributed by atoms with Gasteiger partial charge < -0.3 is 5.32 Å². The van der Waals surface area contributed by atoms with Crippen molar-refractivity contribution < 1.29 is 0 Å². The molecule has 2 aromatic rings. The van der Waals surface area contributed by atoms with Crippen LogP contribution in [0, 0.1) is 6.92 Å². The van der Waals surface area contributed by atoms with Crippen LogP contribution in [0.4, 0.5) is 5.82 Å². The SMILES string of the molecule is Cc1nc(Br)cc(NC2Cc3ccccc3C2)n1. The lowest BCUT2D eigenvalue weighted by Crippen LogP contribution is -2.20. The Morgan fingerprint density at radius 2 is 1.83 bits per heavy atom. The molecule has 0 unspecified atom stereocenters. The van der Waals surface area contributed by atoms with Crippen LogP contribution in [0.15, 0.2) is 34.9 Å². The highest BCUT2D eigenvalue weighted by Gasteiger charge is 2.21. The number of nitrogens with one attached hydrogen (secondary N) is 1. The van der Waals surface area contributed by atoms with E-state index in [9.17, 15) is 0 Å². The van der Waals surface area contributed by atoms with E-state index in [0.29, 0.717) is 6.04 Å². The van der Waals surface area contributed by atoms with E-state index in [-0.39, 0.29) is 0 Å². The van der Waals surface area contributed by atoms with E-state index in [1.54, 1.807) is 0 Å². The summed E-state index contributed by atoms with van der Waals surface area (Å²) < 4.78 is 0.827. The van der Waals surface area contributed by atoms with Crippen LogP contribution in [0.5, 0.6) is 0 Å². The number of anilines is 1. The first-order valence-electron chi connectivity index (χ1n) is 6.05. The van der Waals surface area contributed by atoms with Crippen molar-refractivity contribution in [1.82, 2.24) is 9.97 Å². The second-order valence-electron chi connectivity index (χ2n) is 4.64. The molecule has 4 heteroatoms. The number of hydrogen-bond donors (Lipinski definition) is 1. The summed E-state index contributed by atoms with van der Waals surface area (Å²) in [7, 11) is 0. The van der Waals surface area contributed by atoms with E-state index >= 15 is 0 Å². The van der Waals surface area contributed by atoms with Gasteiger partial charge in [-0.2, -0.15) is 0 Å². The fourth-order valence-corrected chi connectivity index (χ4v) is 2.95. The number of rotatable bonds is 2. The van der Waals surface area contributed by atoms with Gasteiger partial charge >= 0.3 is 0 Å². The molecule has 3 nitrogen and oxygen atoms in total. The number of aryl methyl sites for hydroxylation is 1. The van der Waals surface area contributed by atoms with Crippen molar-refractivity contribution >= 4 is 21.7 Å². The molecule has 0 atom stereocenters. The highest BCUT2D eigenvalue weighted by atomic mass is 79.9. The predicted molar refractivity (Wildman–Crippen MR) is 75.7 cm³/mol. The lowest BCUT2D eigenvalue weighted by Gasteiger charge is -2.13. The molecule has 0 spiro atoms.